The van der Waals surface area contributed by atoms with E-state index in [-0.39, 0.29) is 5.56 Å². The highest BCUT2D eigenvalue weighted by molar-refractivity contribution is 5.93. The van der Waals surface area contributed by atoms with E-state index in [1.165, 1.54) is 0 Å². The molecule has 1 aromatic heterocycles. The van der Waals surface area contributed by atoms with Crippen molar-refractivity contribution in [3.8, 4) is 0 Å². The summed E-state index contributed by atoms with van der Waals surface area (Å²) in [6.07, 6.45) is 1.61. The summed E-state index contributed by atoms with van der Waals surface area (Å²) >= 11 is 0. The molecule has 0 atom stereocenters. The van der Waals surface area contributed by atoms with Gasteiger partial charge in [-0.1, -0.05) is 13.8 Å². The van der Waals surface area contributed by atoms with Gasteiger partial charge in [-0.25, -0.2) is 9.78 Å². The molecular formula is C11H16N2O2. The minimum absolute atomic E-state index is 0.251. The number of hydrogen-bond acceptors (Lipinski definition) is 3. The Kier molecular flexibility index (Phi) is 3.66. The van der Waals surface area contributed by atoms with Gasteiger partial charge >= 0.3 is 5.97 Å². The van der Waals surface area contributed by atoms with Crippen LogP contribution in [0.25, 0.3) is 0 Å². The minimum atomic E-state index is -0.936. The van der Waals surface area contributed by atoms with E-state index in [0.29, 0.717) is 11.7 Å². The second-order valence-corrected chi connectivity index (χ2v) is 3.95. The Balaban J connectivity index is 2.97. The molecule has 0 saturated carbocycles. The summed E-state index contributed by atoms with van der Waals surface area (Å²) in [5.41, 5.74) is 0.251. The van der Waals surface area contributed by atoms with Crippen LogP contribution in [0.3, 0.4) is 0 Å². The van der Waals surface area contributed by atoms with Gasteiger partial charge in [-0.15, -0.1) is 0 Å². The fourth-order valence-corrected chi connectivity index (χ4v) is 1.50. The monoisotopic (exact) mass is 208 g/mol. The lowest BCUT2D eigenvalue weighted by atomic mass is 10.2. The van der Waals surface area contributed by atoms with Crippen molar-refractivity contribution in [2.24, 2.45) is 5.92 Å². The van der Waals surface area contributed by atoms with E-state index in [4.69, 9.17) is 5.11 Å². The van der Waals surface area contributed by atoms with Crippen LogP contribution in [-0.4, -0.2) is 29.7 Å². The zero-order valence-corrected chi connectivity index (χ0v) is 9.27. The smallest absolute Gasteiger partial charge is 0.339 e. The van der Waals surface area contributed by atoms with Crippen LogP contribution < -0.4 is 4.90 Å². The van der Waals surface area contributed by atoms with Gasteiger partial charge in [0.05, 0.1) is 0 Å². The number of carbonyl (C=O) groups is 1. The van der Waals surface area contributed by atoms with Crippen molar-refractivity contribution in [1.82, 2.24) is 4.98 Å². The molecule has 82 valence electrons. The first-order valence-corrected chi connectivity index (χ1v) is 4.91. The van der Waals surface area contributed by atoms with Gasteiger partial charge in [0, 0.05) is 19.8 Å². The number of hydrogen-bond donors (Lipinski definition) is 1. The second-order valence-electron chi connectivity index (χ2n) is 3.95. The lowest BCUT2D eigenvalue weighted by molar-refractivity contribution is 0.0697. The summed E-state index contributed by atoms with van der Waals surface area (Å²) in [5, 5.41) is 8.98. The maximum atomic E-state index is 10.9. The van der Waals surface area contributed by atoms with Crippen molar-refractivity contribution in [3.63, 3.8) is 0 Å². The molecule has 0 amide bonds. The highest BCUT2D eigenvalue weighted by atomic mass is 16.4. The number of rotatable bonds is 4. The van der Waals surface area contributed by atoms with Crippen LogP contribution in [-0.2, 0) is 0 Å². The van der Waals surface area contributed by atoms with E-state index in [2.05, 4.69) is 18.8 Å². The third-order valence-electron chi connectivity index (χ3n) is 2.02. The van der Waals surface area contributed by atoms with Crippen molar-refractivity contribution in [2.45, 2.75) is 13.8 Å². The number of pyridine rings is 1. The SMILES string of the molecule is CC(C)CN(C)c1ncccc1C(=O)O. The number of aromatic nitrogens is 1. The quantitative estimate of drug-likeness (QED) is 0.820. The molecular weight excluding hydrogens is 192 g/mol. The van der Waals surface area contributed by atoms with Crippen LogP contribution >= 0.6 is 0 Å². The van der Waals surface area contributed by atoms with E-state index in [1.54, 1.807) is 18.3 Å². The average Bonchev–Trinajstić information content (AvgIpc) is 2.16. The second kappa shape index (κ2) is 4.77. The molecule has 1 N–H and O–H groups in total. The van der Waals surface area contributed by atoms with Gasteiger partial charge in [0.1, 0.15) is 11.4 Å². The minimum Gasteiger partial charge on any atom is -0.478 e. The number of nitrogens with zero attached hydrogens (tertiary/aromatic N) is 2. The Labute approximate surface area is 89.6 Å². The summed E-state index contributed by atoms with van der Waals surface area (Å²) in [6, 6.07) is 3.21. The Morgan fingerprint density at radius 2 is 2.27 bits per heavy atom. The van der Waals surface area contributed by atoms with Crippen molar-refractivity contribution in [2.75, 3.05) is 18.5 Å². The summed E-state index contributed by atoms with van der Waals surface area (Å²) in [4.78, 5) is 16.9. The standard InChI is InChI=1S/C11H16N2O2/c1-8(2)7-13(3)10-9(11(14)15)5-4-6-12-10/h4-6,8H,7H2,1-3H3,(H,14,15). The van der Waals surface area contributed by atoms with Gasteiger partial charge in [-0.3, -0.25) is 0 Å². The highest BCUT2D eigenvalue weighted by Crippen LogP contribution is 2.16. The average molecular weight is 208 g/mol. The summed E-state index contributed by atoms with van der Waals surface area (Å²) in [5.74, 6) is 0.0612. The van der Waals surface area contributed by atoms with Gasteiger partial charge in [0.15, 0.2) is 0 Å². The predicted octanol–water partition coefficient (Wildman–Crippen LogP) is 1.87. The number of carboxylic acid groups (broad SMARTS) is 1. The maximum Gasteiger partial charge on any atom is 0.339 e. The number of aromatic carboxylic acids is 1. The topological polar surface area (TPSA) is 53.4 Å². The van der Waals surface area contributed by atoms with Gasteiger partial charge < -0.3 is 10.0 Å². The zero-order chi connectivity index (χ0) is 11.4. The van der Waals surface area contributed by atoms with E-state index in [0.717, 1.165) is 6.54 Å². The van der Waals surface area contributed by atoms with Crippen LogP contribution in [0.15, 0.2) is 18.3 Å². The predicted molar refractivity (Wildman–Crippen MR) is 59.3 cm³/mol. The molecule has 0 unspecified atom stereocenters. The number of carboxylic acids is 1. The van der Waals surface area contributed by atoms with Crippen molar-refractivity contribution < 1.29 is 9.90 Å². The van der Waals surface area contributed by atoms with Gasteiger partial charge in [-0.2, -0.15) is 0 Å². The molecule has 4 heteroatoms. The first-order chi connectivity index (χ1) is 7.02. The molecule has 1 heterocycles. The molecule has 1 aromatic rings. The molecule has 15 heavy (non-hydrogen) atoms. The molecule has 0 bridgehead atoms. The summed E-state index contributed by atoms with van der Waals surface area (Å²) in [7, 11) is 1.86. The zero-order valence-electron chi connectivity index (χ0n) is 9.27. The van der Waals surface area contributed by atoms with Crippen molar-refractivity contribution >= 4 is 11.8 Å². The molecule has 0 saturated heterocycles. The Morgan fingerprint density at radius 1 is 1.60 bits per heavy atom. The normalized spacial score (nSPS) is 10.4. The Hall–Kier alpha value is -1.58. The third kappa shape index (κ3) is 2.94. The fourth-order valence-electron chi connectivity index (χ4n) is 1.50. The van der Waals surface area contributed by atoms with Gasteiger partial charge in [0.25, 0.3) is 0 Å². The van der Waals surface area contributed by atoms with Crippen LogP contribution in [0.5, 0.6) is 0 Å². The Bertz CT molecular complexity index is 350. The van der Waals surface area contributed by atoms with E-state index in [9.17, 15) is 4.79 Å². The van der Waals surface area contributed by atoms with E-state index >= 15 is 0 Å². The third-order valence-corrected chi connectivity index (χ3v) is 2.02. The van der Waals surface area contributed by atoms with E-state index < -0.39 is 5.97 Å². The first kappa shape index (κ1) is 11.5. The molecule has 0 aliphatic rings. The van der Waals surface area contributed by atoms with E-state index in [1.807, 2.05) is 11.9 Å². The molecule has 0 aliphatic heterocycles. The summed E-state index contributed by atoms with van der Waals surface area (Å²) < 4.78 is 0. The van der Waals surface area contributed by atoms with Crippen LogP contribution in [0, 0.1) is 5.92 Å². The summed E-state index contributed by atoms with van der Waals surface area (Å²) in [6.45, 7) is 4.96. The molecule has 0 fully saturated rings. The van der Waals surface area contributed by atoms with Crippen molar-refractivity contribution in [1.29, 1.82) is 0 Å². The largest absolute Gasteiger partial charge is 0.478 e. The molecule has 4 nitrogen and oxygen atoms in total. The highest BCUT2D eigenvalue weighted by Gasteiger charge is 2.14. The lowest BCUT2D eigenvalue weighted by Crippen LogP contribution is -2.25. The van der Waals surface area contributed by atoms with Gasteiger partial charge in [0.2, 0.25) is 0 Å². The molecule has 0 aromatic carbocycles. The maximum absolute atomic E-state index is 10.9. The first-order valence-electron chi connectivity index (χ1n) is 4.91. The lowest BCUT2D eigenvalue weighted by Gasteiger charge is -2.21. The van der Waals surface area contributed by atoms with Gasteiger partial charge in [-0.05, 0) is 18.1 Å². The van der Waals surface area contributed by atoms with Crippen LogP contribution in [0.1, 0.15) is 24.2 Å². The molecule has 0 radical (unpaired) electrons. The number of anilines is 1. The Morgan fingerprint density at radius 3 is 2.80 bits per heavy atom. The van der Waals surface area contributed by atoms with Crippen molar-refractivity contribution in [3.05, 3.63) is 23.9 Å². The molecule has 0 aliphatic carbocycles. The molecule has 0 spiro atoms. The molecule has 1 rings (SSSR count). The van der Waals surface area contributed by atoms with Crippen LogP contribution in [0.2, 0.25) is 0 Å². The van der Waals surface area contributed by atoms with Crippen LogP contribution in [0.4, 0.5) is 5.82 Å². The fraction of sp³-hybridized carbons (Fsp3) is 0.455.